The SMILES string of the molecule is OC1(c2ccccc2OC(F)(F)F)CCCOCC1. The topological polar surface area (TPSA) is 38.7 Å². The van der Waals surface area contributed by atoms with Crippen molar-refractivity contribution in [3.8, 4) is 5.75 Å². The average Bonchev–Trinajstić information content (AvgIpc) is 2.53. The Morgan fingerprint density at radius 3 is 2.63 bits per heavy atom. The first-order valence-electron chi connectivity index (χ1n) is 6.06. The van der Waals surface area contributed by atoms with Gasteiger partial charge in [-0.25, -0.2) is 0 Å². The van der Waals surface area contributed by atoms with Gasteiger partial charge in [0.1, 0.15) is 5.75 Å². The molecule has 1 N–H and O–H groups in total. The molecule has 2 rings (SSSR count). The third kappa shape index (κ3) is 3.61. The highest BCUT2D eigenvalue weighted by atomic mass is 19.4. The van der Waals surface area contributed by atoms with Crippen molar-refractivity contribution in [3.63, 3.8) is 0 Å². The lowest BCUT2D eigenvalue weighted by molar-refractivity contribution is -0.275. The Hall–Kier alpha value is -1.27. The normalized spacial score (nSPS) is 24.8. The van der Waals surface area contributed by atoms with Gasteiger partial charge in [0.15, 0.2) is 0 Å². The number of ether oxygens (including phenoxy) is 2. The van der Waals surface area contributed by atoms with Crippen molar-refractivity contribution in [2.45, 2.75) is 31.2 Å². The summed E-state index contributed by atoms with van der Waals surface area (Å²) in [7, 11) is 0. The van der Waals surface area contributed by atoms with E-state index < -0.39 is 12.0 Å². The molecule has 3 nitrogen and oxygen atoms in total. The van der Waals surface area contributed by atoms with Gasteiger partial charge in [-0.15, -0.1) is 13.2 Å². The van der Waals surface area contributed by atoms with E-state index in [0.29, 0.717) is 26.1 Å². The lowest BCUT2D eigenvalue weighted by Crippen LogP contribution is -2.28. The summed E-state index contributed by atoms with van der Waals surface area (Å²) < 4.78 is 46.3. The van der Waals surface area contributed by atoms with E-state index in [0.717, 1.165) is 0 Å². The highest BCUT2D eigenvalue weighted by molar-refractivity contribution is 5.38. The maximum Gasteiger partial charge on any atom is 0.573 e. The smallest absolute Gasteiger partial charge is 0.405 e. The standard InChI is InChI=1S/C13H15F3O3/c14-13(15,16)19-11-5-2-1-4-10(11)12(17)6-3-8-18-9-7-12/h1-2,4-5,17H,3,6-9H2. The van der Waals surface area contributed by atoms with E-state index in [1.807, 2.05) is 0 Å². The summed E-state index contributed by atoms with van der Waals surface area (Å²) in [5, 5.41) is 10.6. The van der Waals surface area contributed by atoms with E-state index in [2.05, 4.69) is 4.74 Å². The minimum absolute atomic E-state index is 0.165. The number of para-hydroxylation sites is 1. The van der Waals surface area contributed by atoms with E-state index in [-0.39, 0.29) is 17.7 Å². The second-order valence-corrected chi connectivity index (χ2v) is 4.54. The highest BCUT2D eigenvalue weighted by Crippen LogP contribution is 2.39. The fourth-order valence-corrected chi connectivity index (χ4v) is 2.27. The van der Waals surface area contributed by atoms with Crippen LogP contribution in [0, 0.1) is 0 Å². The van der Waals surface area contributed by atoms with Crippen LogP contribution in [0.2, 0.25) is 0 Å². The first-order chi connectivity index (χ1) is 8.91. The number of rotatable bonds is 2. The van der Waals surface area contributed by atoms with Crippen LogP contribution in [-0.2, 0) is 10.3 Å². The summed E-state index contributed by atoms with van der Waals surface area (Å²) in [5.74, 6) is -0.348. The van der Waals surface area contributed by atoms with Gasteiger partial charge in [-0.1, -0.05) is 18.2 Å². The van der Waals surface area contributed by atoms with Crippen molar-refractivity contribution in [2.24, 2.45) is 0 Å². The largest absolute Gasteiger partial charge is 0.573 e. The summed E-state index contributed by atoms with van der Waals surface area (Å²) in [5.41, 5.74) is -1.17. The Kier molecular flexibility index (Phi) is 4.01. The summed E-state index contributed by atoms with van der Waals surface area (Å²) in [4.78, 5) is 0. The van der Waals surface area contributed by atoms with Crippen LogP contribution in [-0.4, -0.2) is 24.7 Å². The van der Waals surface area contributed by atoms with Crippen LogP contribution in [0.3, 0.4) is 0 Å². The molecule has 1 aromatic carbocycles. The molecule has 106 valence electrons. The van der Waals surface area contributed by atoms with E-state index in [9.17, 15) is 18.3 Å². The van der Waals surface area contributed by atoms with Crippen molar-refractivity contribution in [1.29, 1.82) is 0 Å². The molecule has 1 fully saturated rings. The van der Waals surface area contributed by atoms with E-state index in [4.69, 9.17) is 4.74 Å². The van der Waals surface area contributed by atoms with Crippen LogP contribution >= 0.6 is 0 Å². The lowest BCUT2D eigenvalue weighted by atomic mass is 9.86. The van der Waals surface area contributed by atoms with Gasteiger partial charge in [0.25, 0.3) is 0 Å². The number of hydrogen-bond donors (Lipinski definition) is 1. The lowest BCUT2D eigenvalue weighted by Gasteiger charge is -2.28. The second-order valence-electron chi connectivity index (χ2n) is 4.54. The molecule has 6 heteroatoms. The average molecular weight is 276 g/mol. The van der Waals surface area contributed by atoms with Crippen molar-refractivity contribution < 1.29 is 27.8 Å². The summed E-state index contributed by atoms with van der Waals surface area (Å²) in [6, 6.07) is 5.71. The molecule has 0 radical (unpaired) electrons. The third-order valence-corrected chi connectivity index (χ3v) is 3.15. The minimum Gasteiger partial charge on any atom is -0.405 e. The molecule has 0 amide bonds. The molecule has 1 unspecified atom stereocenters. The van der Waals surface area contributed by atoms with Crippen LogP contribution in [0.5, 0.6) is 5.75 Å². The van der Waals surface area contributed by atoms with Crippen LogP contribution in [0.1, 0.15) is 24.8 Å². The summed E-state index contributed by atoms with van der Waals surface area (Å²) in [6.07, 6.45) is -3.57. The van der Waals surface area contributed by atoms with Crippen molar-refractivity contribution in [1.82, 2.24) is 0 Å². The molecule has 1 heterocycles. The first-order valence-corrected chi connectivity index (χ1v) is 6.06. The molecular formula is C13H15F3O3. The maximum atomic E-state index is 12.4. The zero-order valence-electron chi connectivity index (χ0n) is 10.2. The Balaban J connectivity index is 2.32. The molecule has 1 saturated heterocycles. The zero-order valence-corrected chi connectivity index (χ0v) is 10.2. The van der Waals surface area contributed by atoms with Gasteiger partial charge in [-0.3, -0.25) is 0 Å². The Morgan fingerprint density at radius 1 is 1.16 bits per heavy atom. The van der Waals surface area contributed by atoms with Crippen molar-refractivity contribution >= 4 is 0 Å². The van der Waals surface area contributed by atoms with E-state index in [1.165, 1.54) is 18.2 Å². The molecule has 0 bridgehead atoms. The predicted octanol–water partition coefficient (Wildman–Crippen LogP) is 2.97. The molecule has 1 aliphatic heterocycles. The van der Waals surface area contributed by atoms with Crippen LogP contribution in [0.15, 0.2) is 24.3 Å². The van der Waals surface area contributed by atoms with Crippen LogP contribution in [0.4, 0.5) is 13.2 Å². The highest BCUT2D eigenvalue weighted by Gasteiger charge is 2.37. The molecule has 0 spiro atoms. The molecule has 19 heavy (non-hydrogen) atoms. The second kappa shape index (κ2) is 5.38. The molecule has 1 atom stereocenters. The first kappa shape index (κ1) is 14.1. The molecule has 0 saturated carbocycles. The molecule has 1 aromatic rings. The van der Waals surface area contributed by atoms with E-state index >= 15 is 0 Å². The summed E-state index contributed by atoms with van der Waals surface area (Å²) >= 11 is 0. The number of hydrogen-bond acceptors (Lipinski definition) is 3. The Labute approximate surface area is 108 Å². The van der Waals surface area contributed by atoms with Gasteiger partial charge in [-0.05, 0) is 18.9 Å². The van der Waals surface area contributed by atoms with Gasteiger partial charge in [0, 0.05) is 25.2 Å². The molecular weight excluding hydrogens is 261 g/mol. The molecule has 0 aromatic heterocycles. The molecule has 1 aliphatic rings. The van der Waals surface area contributed by atoms with Crippen molar-refractivity contribution in [2.75, 3.05) is 13.2 Å². The monoisotopic (exact) mass is 276 g/mol. The van der Waals surface area contributed by atoms with Gasteiger partial charge in [0.2, 0.25) is 0 Å². The fraction of sp³-hybridized carbons (Fsp3) is 0.538. The predicted molar refractivity (Wildman–Crippen MR) is 61.7 cm³/mol. The number of alkyl halides is 3. The summed E-state index contributed by atoms with van der Waals surface area (Å²) in [6.45, 7) is 0.821. The number of benzene rings is 1. The van der Waals surface area contributed by atoms with Gasteiger partial charge < -0.3 is 14.6 Å². The Morgan fingerprint density at radius 2 is 1.89 bits per heavy atom. The minimum atomic E-state index is -4.77. The molecule has 0 aliphatic carbocycles. The fourth-order valence-electron chi connectivity index (χ4n) is 2.27. The number of halogens is 3. The number of aliphatic hydroxyl groups is 1. The van der Waals surface area contributed by atoms with Crippen LogP contribution in [0.25, 0.3) is 0 Å². The van der Waals surface area contributed by atoms with Gasteiger partial charge in [-0.2, -0.15) is 0 Å². The van der Waals surface area contributed by atoms with E-state index in [1.54, 1.807) is 6.07 Å². The Bertz CT molecular complexity index is 423. The maximum absolute atomic E-state index is 12.4. The van der Waals surface area contributed by atoms with Crippen LogP contribution < -0.4 is 4.74 Å². The quantitative estimate of drug-likeness (QED) is 0.902. The third-order valence-electron chi connectivity index (χ3n) is 3.15. The zero-order chi connectivity index (χ0) is 13.9. The van der Waals surface area contributed by atoms with Gasteiger partial charge in [0.05, 0.1) is 5.60 Å². The van der Waals surface area contributed by atoms with Gasteiger partial charge >= 0.3 is 6.36 Å². The van der Waals surface area contributed by atoms with Crippen molar-refractivity contribution in [3.05, 3.63) is 29.8 Å².